The predicted octanol–water partition coefficient (Wildman–Crippen LogP) is 3.50. The Morgan fingerprint density at radius 3 is 2.04 bits per heavy atom. The van der Waals surface area contributed by atoms with E-state index >= 15 is 0 Å². The molecule has 1 aliphatic rings. The summed E-state index contributed by atoms with van der Waals surface area (Å²) in [6.07, 6.45) is 0.868. The van der Waals surface area contributed by atoms with E-state index in [-0.39, 0.29) is 6.04 Å². The van der Waals surface area contributed by atoms with Gasteiger partial charge in [-0.3, -0.25) is 4.99 Å². The summed E-state index contributed by atoms with van der Waals surface area (Å²) in [7, 11) is 6.56. The van der Waals surface area contributed by atoms with Gasteiger partial charge in [0.15, 0.2) is 23.0 Å². The quantitative estimate of drug-likeness (QED) is 0.835. The molecular formula is C20H23NO4. The minimum Gasteiger partial charge on any atom is -0.493 e. The number of ether oxygens (including phenoxy) is 4. The number of hydrogen-bond acceptors (Lipinski definition) is 5. The lowest BCUT2D eigenvalue weighted by Gasteiger charge is -2.23. The minimum absolute atomic E-state index is 0.189. The smallest absolute Gasteiger partial charge is 0.161 e. The lowest BCUT2D eigenvalue weighted by Crippen LogP contribution is -2.20. The Morgan fingerprint density at radius 2 is 1.40 bits per heavy atom. The van der Waals surface area contributed by atoms with Crippen molar-refractivity contribution in [1.29, 1.82) is 0 Å². The Morgan fingerprint density at radius 1 is 0.800 bits per heavy atom. The number of hydrogen-bond donors (Lipinski definition) is 0. The summed E-state index contributed by atoms with van der Waals surface area (Å²) >= 11 is 0. The van der Waals surface area contributed by atoms with Crippen LogP contribution >= 0.6 is 0 Å². The number of nitrogens with zero attached hydrogens (tertiary/aromatic N) is 1. The Labute approximate surface area is 148 Å². The highest BCUT2D eigenvalue weighted by molar-refractivity contribution is 6.15. The summed E-state index contributed by atoms with van der Waals surface area (Å²) in [6.45, 7) is 2.11. The fraction of sp³-hybridized carbons (Fsp3) is 0.350. The summed E-state index contributed by atoms with van der Waals surface area (Å²) in [4.78, 5) is 4.88. The molecule has 1 atom stereocenters. The lowest BCUT2D eigenvalue weighted by molar-refractivity contribution is 0.354. The molecule has 25 heavy (non-hydrogen) atoms. The molecule has 0 spiro atoms. The van der Waals surface area contributed by atoms with E-state index in [0.717, 1.165) is 29.0 Å². The van der Waals surface area contributed by atoms with Crippen molar-refractivity contribution in [3.8, 4) is 23.0 Å². The van der Waals surface area contributed by atoms with Gasteiger partial charge in [-0.1, -0.05) is 0 Å². The maximum absolute atomic E-state index is 5.47. The third kappa shape index (κ3) is 3.14. The molecule has 132 valence electrons. The first kappa shape index (κ1) is 17.1. The van der Waals surface area contributed by atoms with E-state index in [0.29, 0.717) is 17.2 Å². The molecule has 3 rings (SSSR count). The average molecular weight is 341 g/mol. The van der Waals surface area contributed by atoms with E-state index < -0.39 is 0 Å². The van der Waals surface area contributed by atoms with Crippen LogP contribution in [0.15, 0.2) is 35.3 Å². The fourth-order valence-electron chi connectivity index (χ4n) is 3.18. The first-order valence-electron chi connectivity index (χ1n) is 8.16. The molecule has 0 N–H and O–H groups in total. The molecule has 5 nitrogen and oxygen atoms in total. The zero-order valence-electron chi connectivity index (χ0n) is 15.3. The summed E-state index contributed by atoms with van der Waals surface area (Å²) in [6, 6.07) is 10.1. The Hall–Kier alpha value is -2.69. The van der Waals surface area contributed by atoms with Crippen LogP contribution in [0.25, 0.3) is 0 Å². The van der Waals surface area contributed by atoms with Crippen LogP contribution in [-0.2, 0) is 6.42 Å². The first-order valence-corrected chi connectivity index (χ1v) is 8.16. The second-order valence-corrected chi connectivity index (χ2v) is 5.96. The van der Waals surface area contributed by atoms with Crippen molar-refractivity contribution in [2.45, 2.75) is 19.4 Å². The molecule has 5 heteroatoms. The standard InChI is InChI=1S/C20H23NO4/c1-12-8-14-10-18(24-4)19(25-5)11-15(14)20(21-12)13-6-7-16(22-2)17(9-13)23-3/h6-7,9-12H,8H2,1-5H3/t12-/m0/s1. The van der Waals surface area contributed by atoms with Crippen molar-refractivity contribution in [3.05, 3.63) is 47.0 Å². The lowest BCUT2D eigenvalue weighted by atomic mass is 9.90. The molecule has 0 saturated heterocycles. The summed E-state index contributed by atoms with van der Waals surface area (Å²) in [5.74, 6) is 2.82. The van der Waals surface area contributed by atoms with Gasteiger partial charge >= 0.3 is 0 Å². The minimum atomic E-state index is 0.189. The maximum Gasteiger partial charge on any atom is 0.161 e. The van der Waals surface area contributed by atoms with E-state index in [1.54, 1.807) is 28.4 Å². The maximum atomic E-state index is 5.47. The third-order valence-corrected chi connectivity index (χ3v) is 4.39. The van der Waals surface area contributed by atoms with E-state index in [1.165, 1.54) is 5.56 Å². The molecule has 0 fully saturated rings. The van der Waals surface area contributed by atoms with E-state index in [4.69, 9.17) is 23.9 Å². The highest BCUT2D eigenvalue weighted by Gasteiger charge is 2.23. The molecule has 2 aromatic carbocycles. The van der Waals surface area contributed by atoms with E-state index in [1.807, 2.05) is 30.3 Å². The second-order valence-electron chi connectivity index (χ2n) is 5.96. The Kier molecular flexibility index (Phi) is 4.83. The van der Waals surface area contributed by atoms with Gasteiger partial charge in [0.05, 0.1) is 40.2 Å². The van der Waals surface area contributed by atoms with Crippen LogP contribution in [0.3, 0.4) is 0 Å². The molecule has 2 aromatic rings. The second kappa shape index (κ2) is 7.05. The van der Waals surface area contributed by atoms with Crippen LogP contribution < -0.4 is 18.9 Å². The van der Waals surface area contributed by atoms with Gasteiger partial charge < -0.3 is 18.9 Å². The van der Waals surface area contributed by atoms with Crippen LogP contribution in [0.2, 0.25) is 0 Å². The van der Waals surface area contributed by atoms with Gasteiger partial charge in [-0.05, 0) is 49.2 Å². The number of benzene rings is 2. The molecule has 0 amide bonds. The molecule has 0 aromatic heterocycles. The van der Waals surface area contributed by atoms with Crippen molar-refractivity contribution >= 4 is 5.71 Å². The van der Waals surface area contributed by atoms with Crippen LogP contribution in [0.5, 0.6) is 23.0 Å². The van der Waals surface area contributed by atoms with Crippen molar-refractivity contribution in [2.75, 3.05) is 28.4 Å². The number of rotatable bonds is 5. The topological polar surface area (TPSA) is 49.3 Å². The highest BCUT2D eigenvalue weighted by Crippen LogP contribution is 2.36. The zero-order chi connectivity index (χ0) is 18.0. The summed E-state index contributed by atoms with van der Waals surface area (Å²) < 4.78 is 21.7. The van der Waals surface area contributed by atoms with Gasteiger partial charge in [0.2, 0.25) is 0 Å². The van der Waals surface area contributed by atoms with Crippen LogP contribution in [-0.4, -0.2) is 40.2 Å². The van der Waals surface area contributed by atoms with Gasteiger partial charge in [0, 0.05) is 11.1 Å². The van der Waals surface area contributed by atoms with Crippen LogP contribution in [0.1, 0.15) is 23.6 Å². The van der Waals surface area contributed by atoms with Crippen molar-refractivity contribution in [2.24, 2.45) is 4.99 Å². The van der Waals surface area contributed by atoms with Gasteiger partial charge in [-0.25, -0.2) is 0 Å². The third-order valence-electron chi connectivity index (χ3n) is 4.39. The summed E-state index contributed by atoms with van der Waals surface area (Å²) in [5.41, 5.74) is 4.17. The molecular weight excluding hydrogens is 318 g/mol. The summed E-state index contributed by atoms with van der Waals surface area (Å²) in [5, 5.41) is 0. The number of methoxy groups -OCH3 is 4. The monoisotopic (exact) mass is 341 g/mol. The SMILES string of the molecule is COc1ccc(C2=N[C@@H](C)Cc3cc(OC)c(OC)cc32)cc1OC. The Bertz CT molecular complexity index is 814. The normalized spacial score (nSPS) is 15.9. The van der Waals surface area contributed by atoms with Crippen LogP contribution in [0, 0.1) is 0 Å². The molecule has 1 aliphatic heterocycles. The Balaban J connectivity index is 2.15. The number of aliphatic imine (C=N–C) groups is 1. The molecule has 0 saturated carbocycles. The predicted molar refractivity (Wildman–Crippen MR) is 97.9 cm³/mol. The molecule has 0 aliphatic carbocycles. The number of fused-ring (bicyclic) bond motifs is 1. The zero-order valence-corrected chi connectivity index (χ0v) is 15.3. The van der Waals surface area contributed by atoms with Crippen molar-refractivity contribution in [1.82, 2.24) is 0 Å². The van der Waals surface area contributed by atoms with Crippen molar-refractivity contribution < 1.29 is 18.9 Å². The highest BCUT2D eigenvalue weighted by atomic mass is 16.5. The largest absolute Gasteiger partial charge is 0.493 e. The molecule has 1 heterocycles. The molecule has 0 bridgehead atoms. The van der Waals surface area contributed by atoms with Gasteiger partial charge in [-0.2, -0.15) is 0 Å². The van der Waals surface area contributed by atoms with Gasteiger partial charge in [0.1, 0.15) is 0 Å². The fourth-order valence-corrected chi connectivity index (χ4v) is 3.18. The van der Waals surface area contributed by atoms with E-state index in [2.05, 4.69) is 6.92 Å². The van der Waals surface area contributed by atoms with Gasteiger partial charge in [0.25, 0.3) is 0 Å². The first-order chi connectivity index (χ1) is 12.1. The van der Waals surface area contributed by atoms with Crippen molar-refractivity contribution in [3.63, 3.8) is 0 Å². The van der Waals surface area contributed by atoms with E-state index in [9.17, 15) is 0 Å². The average Bonchev–Trinajstić information content (AvgIpc) is 2.65. The molecule has 0 radical (unpaired) electrons. The van der Waals surface area contributed by atoms with Crippen LogP contribution in [0.4, 0.5) is 0 Å². The molecule has 0 unspecified atom stereocenters. The van der Waals surface area contributed by atoms with Gasteiger partial charge in [-0.15, -0.1) is 0 Å².